The highest BCUT2D eigenvalue weighted by molar-refractivity contribution is 5.88. The lowest BCUT2D eigenvalue weighted by atomic mass is 10.0. The molecule has 3 aromatic rings. The van der Waals surface area contributed by atoms with E-state index in [4.69, 9.17) is 0 Å². The summed E-state index contributed by atoms with van der Waals surface area (Å²) < 4.78 is 2.20. The third kappa shape index (κ3) is 5.70. The van der Waals surface area contributed by atoms with E-state index in [1.807, 2.05) is 56.3 Å². The molecule has 0 fully saturated rings. The summed E-state index contributed by atoms with van der Waals surface area (Å²) in [5, 5.41) is 7.08. The molecule has 0 spiro atoms. The van der Waals surface area contributed by atoms with Crippen molar-refractivity contribution in [2.45, 2.75) is 39.3 Å². The fourth-order valence-corrected chi connectivity index (χ4v) is 3.45. The minimum atomic E-state index is -0.529. The van der Waals surface area contributed by atoms with Crippen LogP contribution >= 0.6 is 0 Å². The molecule has 29 heavy (non-hydrogen) atoms. The normalized spacial score (nSPS) is 12.1. The van der Waals surface area contributed by atoms with Gasteiger partial charge in [0.1, 0.15) is 6.04 Å². The van der Waals surface area contributed by atoms with Gasteiger partial charge in [0, 0.05) is 24.8 Å². The summed E-state index contributed by atoms with van der Waals surface area (Å²) in [7, 11) is 0. The fourth-order valence-electron chi connectivity index (χ4n) is 3.45. The Balaban J connectivity index is 1.47. The predicted molar refractivity (Wildman–Crippen MR) is 116 cm³/mol. The highest BCUT2D eigenvalue weighted by Gasteiger charge is 2.23. The Morgan fingerprint density at radius 3 is 2.45 bits per heavy atom. The SMILES string of the molecule is CC(C)[C@H](NC(=O)Cc1ccccc1)C(=O)NCCCn1ccc2ccccc21. The van der Waals surface area contributed by atoms with Crippen molar-refractivity contribution in [2.24, 2.45) is 5.92 Å². The van der Waals surface area contributed by atoms with Crippen molar-refractivity contribution in [2.75, 3.05) is 6.54 Å². The largest absolute Gasteiger partial charge is 0.354 e. The third-order valence-electron chi connectivity index (χ3n) is 5.03. The number of carbonyl (C=O) groups excluding carboxylic acids is 2. The molecule has 0 saturated heterocycles. The predicted octanol–water partition coefficient (Wildman–Crippen LogP) is 3.53. The molecule has 0 radical (unpaired) electrons. The summed E-state index contributed by atoms with van der Waals surface area (Å²) in [5.74, 6) is -0.245. The van der Waals surface area contributed by atoms with Crippen LogP contribution in [0.1, 0.15) is 25.8 Å². The van der Waals surface area contributed by atoms with Crippen LogP contribution < -0.4 is 10.6 Å². The van der Waals surface area contributed by atoms with Gasteiger partial charge in [0.15, 0.2) is 0 Å². The molecule has 5 heteroatoms. The molecule has 0 bridgehead atoms. The number of rotatable bonds is 9. The average molecular weight is 392 g/mol. The van der Waals surface area contributed by atoms with Gasteiger partial charge < -0.3 is 15.2 Å². The molecule has 1 heterocycles. The molecule has 1 atom stereocenters. The van der Waals surface area contributed by atoms with E-state index in [0.29, 0.717) is 6.54 Å². The van der Waals surface area contributed by atoms with Crippen LogP contribution in [0.15, 0.2) is 66.9 Å². The number of hydrogen-bond acceptors (Lipinski definition) is 2. The highest BCUT2D eigenvalue weighted by atomic mass is 16.2. The summed E-state index contributed by atoms with van der Waals surface area (Å²) in [6.07, 6.45) is 3.18. The van der Waals surface area contributed by atoms with Crippen LogP contribution in [0, 0.1) is 5.92 Å². The molecule has 2 N–H and O–H groups in total. The lowest BCUT2D eigenvalue weighted by Crippen LogP contribution is -2.50. The van der Waals surface area contributed by atoms with Crippen molar-refractivity contribution < 1.29 is 9.59 Å². The molecule has 2 amide bonds. The minimum Gasteiger partial charge on any atom is -0.354 e. The molecular formula is C24H29N3O2. The van der Waals surface area contributed by atoms with Crippen molar-refractivity contribution in [1.29, 1.82) is 0 Å². The Labute approximate surface area is 172 Å². The number of nitrogens with one attached hydrogen (secondary N) is 2. The second-order valence-electron chi connectivity index (χ2n) is 7.66. The molecular weight excluding hydrogens is 362 g/mol. The van der Waals surface area contributed by atoms with E-state index in [1.165, 1.54) is 10.9 Å². The number of benzene rings is 2. The first-order valence-corrected chi connectivity index (χ1v) is 10.2. The second-order valence-corrected chi connectivity index (χ2v) is 7.66. The van der Waals surface area contributed by atoms with E-state index in [0.717, 1.165) is 18.5 Å². The Morgan fingerprint density at radius 1 is 0.966 bits per heavy atom. The number of hydrogen-bond donors (Lipinski definition) is 2. The number of aromatic nitrogens is 1. The van der Waals surface area contributed by atoms with E-state index < -0.39 is 6.04 Å². The molecule has 0 aliphatic carbocycles. The molecule has 3 rings (SSSR count). The van der Waals surface area contributed by atoms with Crippen LogP contribution in [-0.2, 0) is 22.6 Å². The summed E-state index contributed by atoms with van der Waals surface area (Å²) >= 11 is 0. The molecule has 0 unspecified atom stereocenters. The van der Waals surface area contributed by atoms with Gasteiger partial charge >= 0.3 is 0 Å². The van der Waals surface area contributed by atoms with Crippen LogP contribution in [0.4, 0.5) is 0 Å². The zero-order valence-corrected chi connectivity index (χ0v) is 17.1. The van der Waals surface area contributed by atoms with E-state index in [1.54, 1.807) is 0 Å². The summed E-state index contributed by atoms with van der Waals surface area (Å²) in [6.45, 7) is 5.29. The van der Waals surface area contributed by atoms with Crippen molar-refractivity contribution in [3.05, 3.63) is 72.4 Å². The van der Waals surface area contributed by atoms with Gasteiger partial charge in [0.2, 0.25) is 11.8 Å². The maximum absolute atomic E-state index is 12.6. The maximum atomic E-state index is 12.6. The second kappa shape index (κ2) is 9.92. The molecule has 5 nitrogen and oxygen atoms in total. The number of aryl methyl sites for hydroxylation is 1. The van der Waals surface area contributed by atoms with Crippen molar-refractivity contribution in [3.8, 4) is 0 Å². The molecule has 0 aliphatic heterocycles. The molecule has 0 aliphatic rings. The monoisotopic (exact) mass is 391 g/mol. The van der Waals surface area contributed by atoms with Gasteiger partial charge in [-0.25, -0.2) is 0 Å². The first kappa shape index (κ1) is 20.6. The number of amides is 2. The summed E-state index contributed by atoms with van der Waals surface area (Å²) in [6, 6.07) is 19.4. The van der Waals surface area contributed by atoms with Crippen LogP contribution in [0.5, 0.6) is 0 Å². The quantitative estimate of drug-likeness (QED) is 0.548. The number of para-hydroxylation sites is 1. The van der Waals surface area contributed by atoms with Gasteiger partial charge in [-0.2, -0.15) is 0 Å². The van der Waals surface area contributed by atoms with Crippen LogP contribution in [0.2, 0.25) is 0 Å². The van der Waals surface area contributed by atoms with Gasteiger partial charge in [-0.3, -0.25) is 9.59 Å². The third-order valence-corrected chi connectivity index (χ3v) is 5.03. The zero-order chi connectivity index (χ0) is 20.6. The Morgan fingerprint density at radius 2 is 1.69 bits per heavy atom. The van der Waals surface area contributed by atoms with Crippen molar-refractivity contribution in [3.63, 3.8) is 0 Å². The fraction of sp³-hybridized carbons (Fsp3) is 0.333. The van der Waals surface area contributed by atoms with E-state index >= 15 is 0 Å². The van der Waals surface area contributed by atoms with Gasteiger partial charge in [-0.15, -0.1) is 0 Å². The zero-order valence-electron chi connectivity index (χ0n) is 17.1. The summed E-state index contributed by atoms with van der Waals surface area (Å²) in [4.78, 5) is 25.0. The summed E-state index contributed by atoms with van der Waals surface area (Å²) in [5.41, 5.74) is 2.14. The Kier molecular flexibility index (Phi) is 7.06. The highest BCUT2D eigenvalue weighted by Crippen LogP contribution is 2.15. The van der Waals surface area contributed by atoms with Gasteiger partial charge in [-0.1, -0.05) is 62.4 Å². The maximum Gasteiger partial charge on any atom is 0.242 e. The van der Waals surface area contributed by atoms with E-state index in [2.05, 4.69) is 39.6 Å². The molecule has 1 aromatic heterocycles. The first-order valence-electron chi connectivity index (χ1n) is 10.2. The standard InChI is InChI=1S/C24H29N3O2/c1-18(2)23(26-22(28)17-19-9-4-3-5-10-19)24(29)25-14-8-15-27-16-13-20-11-6-7-12-21(20)27/h3-7,9-13,16,18,23H,8,14-15,17H2,1-2H3,(H,25,29)(H,26,28)/t23-/m0/s1. The van der Waals surface area contributed by atoms with Crippen LogP contribution in [0.25, 0.3) is 10.9 Å². The average Bonchev–Trinajstić information content (AvgIpc) is 3.13. The molecule has 0 saturated carbocycles. The minimum absolute atomic E-state index is 0.0168. The topological polar surface area (TPSA) is 63.1 Å². The number of fused-ring (bicyclic) bond motifs is 1. The number of nitrogens with zero attached hydrogens (tertiary/aromatic N) is 1. The molecule has 2 aromatic carbocycles. The van der Waals surface area contributed by atoms with E-state index in [9.17, 15) is 9.59 Å². The van der Waals surface area contributed by atoms with Gasteiger partial charge in [0.05, 0.1) is 6.42 Å². The smallest absolute Gasteiger partial charge is 0.242 e. The van der Waals surface area contributed by atoms with Crippen LogP contribution in [-0.4, -0.2) is 29.0 Å². The van der Waals surface area contributed by atoms with Crippen LogP contribution in [0.3, 0.4) is 0 Å². The lowest BCUT2D eigenvalue weighted by Gasteiger charge is -2.22. The first-order chi connectivity index (χ1) is 14.0. The van der Waals surface area contributed by atoms with Crippen molar-refractivity contribution in [1.82, 2.24) is 15.2 Å². The number of carbonyl (C=O) groups is 2. The van der Waals surface area contributed by atoms with Gasteiger partial charge in [-0.05, 0) is 35.4 Å². The van der Waals surface area contributed by atoms with Crippen molar-refractivity contribution >= 4 is 22.7 Å². The Hall–Kier alpha value is -3.08. The molecule has 152 valence electrons. The van der Waals surface area contributed by atoms with Gasteiger partial charge in [0.25, 0.3) is 0 Å². The Bertz CT molecular complexity index is 947. The lowest BCUT2D eigenvalue weighted by molar-refractivity contribution is -0.129. The van der Waals surface area contributed by atoms with E-state index in [-0.39, 0.29) is 24.2 Å².